The molecule has 8 heteroatoms. The molecule has 0 bridgehead atoms. The summed E-state index contributed by atoms with van der Waals surface area (Å²) in [4.78, 5) is 20.0. The van der Waals surface area contributed by atoms with Crippen LogP contribution >= 0.6 is 0 Å². The van der Waals surface area contributed by atoms with Crippen molar-refractivity contribution in [2.24, 2.45) is 5.92 Å². The van der Waals surface area contributed by atoms with Crippen LogP contribution in [0.5, 0.6) is 0 Å². The van der Waals surface area contributed by atoms with E-state index < -0.39 is 17.6 Å². The molecule has 0 unspecified atom stereocenters. The van der Waals surface area contributed by atoms with Gasteiger partial charge in [-0.05, 0) is 18.1 Å². The fraction of sp³-hybridized carbons (Fsp3) is 0.312. The highest BCUT2D eigenvalue weighted by atomic mass is 19.4. The number of anilines is 2. The van der Waals surface area contributed by atoms with Gasteiger partial charge in [0.1, 0.15) is 11.5 Å². The summed E-state index contributed by atoms with van der Waals surface area (Å²) in [5, 5.41) is 5.26. The zero-order valence-electron chi connectivity index (χ0n) is 13.2. The van der Waals surface area contributed by atoms with E-state index in [0.29, 0.717) is 18.3 Å². The molecule has 1 heterocycles. The van der Waals surface area contributed by atoms with Gasteiger partial charge in [0.15, 0.2) is 0 Å². The quantitative estimate of drug-likeness (QED) is 0.870. The van der Waals surface area contributed by atoms with Crippen LogP contribution in [0.1, 0.15) is 29.9 Å². The molecule has 1 amide bonds. The molecule has 0 spiro atoms. The Bertz CT molecular complexity index is 699. The molecule has 0 aliphatic heterocycles. The number of hydrogen-bond donors (Lipinski definition) is 2. The van der Waals surface area contributed by atoms with Gasteiger partial charge in [0.05, 0.1) is 23.6 Å². The van der Waals surface area contributed by atoms with Crippen molar-refractivity contribution >= 4 is 17.4 Å². The monoisotopic (exact) mass is 338 g/mol. The summed E-state index contributed by atoms with van der Waals surface area (Å²) in [7, 11) is 0. The number of amides is 1. The Hall–Kier alpha value is -2.64. The van der Waals surface area contributed by atoms with Crippen molar-refractivity contribution in [2.75, 3.05) is 17.2 Å². The minimum Gasteiger partial charge on any atom is -0.369 e. The molecule has 5 nitrogen and oxygen atoms in total. The van der Waals surface area contributed by atoms with Gasteiger partial charge in [0, 0.05) is 6.54 Å². The first kappa shape index (κ1) is 17.7. The molecule has 1 aromatic carbocycles. The number of benzene rings is 1. The van der Waals surface area contributed by atoms with Crippen LogP contribution in [-0.4, -0.2) is 22.4 Å². The Balaban J connectivity index is 2.11. The van der Waals surface area contributed by atoms with Crippen molar-refractivity contribution in [2.45, 2.75) is 20.0 Å². The van der Waals surface area contributed by atoms with E-state index in [1.807, 2.05) is 13.8 Å². The van der Waals surface area contributed by atoms with Gasteiger partial charge in [0.2, 0.25) is 0 Å². The zero-order chi connectivity index (χ0) is 17.7. The van der Waals surface area contributed by atoms with Gasteiger partial charge < -0.3 is 10.6 Å². The highest BCUT2D eigenvalue weighted by Crippen LogP contribution is 2.34. The third kappa shape index (κ3) is 4.68. The van der Waals surface area contributed by atoms with E-state index in [0.717, 1.165) is 6.07 Å². The molecule has 0 radical (unpaired) electrons. The van der Waals surface area contributed by atoms with Crippen molar-refractivity contribution in [1.29, 1.82) is 0 Å². The SMILES string of the molecule is CC(C)CNc1cnc(C(=O)Nc2ccccc2C(F)(F)F)cn1. The van der Waals surface area contributed by atoms with Crippen LogP contribution in [0.2, 0.25) is 0 Å². The maximum absolute atomic E-state index is 12.9. The first-order valence-electron chi connectivity index (χ1n) is 7.31. The minimum absolute atomic E-state index is 0.0675. The van der Waals surface area contributed by atoms with Gasteiger partial charge in [-0.3, -0.25) is 4.79 Å². The first-order valence-corrected chi connectivity index (χ1v) is 7.31. The summed E-state index contributed by atoms with van der Waals surface area (Å²) in [5.41, 5.74) is -1.30. The Morgan fingerprint density at radius 3 is 2.46 bits per heavy atom. The molecule has 2 N–H and O–H groups in total. The molecule has 2 rings (SSSR count). The fourth-order valence-corrected chi connectivity index (χ4v) is 1.87. The number of nitrogens with zero attached hydrogens (tertiary/aromatic N) is 2. The Labute approximate surface area is 137 Å². The highest BCUT2D eigenvalue weighted by Gasteiger charge is 2.33. The van der Waals surface area contributed by atoms with Gasteiger partial charge in [-0.2, -0.15) is 13.2 Å². The molecule has 0 aliphatic carbocycles. The molecular formula is C16H17F3N4O. The number of alkyl halides is 3. The Kier molecular flexibility index (Phi) is 5.38. The van der Waals surface area contributed by atoms with Gasteiger partial charge in [-0.1, -0.05) is 26.0 Å². The molecule has 0 aliphatic rings. The molecule has 0 saturated heterocycles. The van der Waals surface area contributed by atoms with Crippen LogP contribution in [0.25, 0.3) is 0 Å². The summed E-state index contributed by atoms with van der Waals surface area (Å²) < 4.78 is 38.7. The van der Waals surface area contributed by atoms with Crippen LogP contribution in [0.4, 0.5) is 24.7 Å². The van der Waals surface area contributed by atoms with E-state index in [4.69, 9.17) is 0 Å². The molecule has 0 atom stereocenters. The lowest BCUT2D eigenvalue weighted by atomic mass is 10.1. The molecule has 128 valence electrons. The van der Waals surface area contributed by atoms with Crippen molar-refractivity contribution in [3.63, 3.8) is 0 Å². The third-order valence-corrected chi connectivity index (χ3v) is 3.06. The predicted molar refractivity (Wildman–Crippen MR) is 84.8 cm³/mol. The summed E-state index contributed by atoms with van der Waals surface area (Å²) >= 11 is 0. The number of halogens is 3. The second-order valence-electron chi connectivity index (χ2n) is 5.56. The fourth-order valence-electron chi connectivity index (χ4n) is 1.87. The van der Waals surface area contributed by atoms with E-state index in [1.54, 1.807) is 0 Å². The standard InChI is InChI=1S/C16H17F3N4O/c1-10(2)7-21-14-9-20-13(8-22-14)15(24)23-12-6-4-3-5-11(12)16(17,18)19/h3-6,8-10H,7H2,1-2H3,(H,21,22)(H,23,24). The zero-order valence-corrected chi connectivity index (χ0v) is 13.2. The largest absolute Gasteiger partial charge is 0.418 e. The van der Waals surface area contributed by atoms with E-state index in [2.05, 4.69) is 20.6 Å². The summed E-state index contributed by atoms with van der Waals surface area (Å²) in [6.07, 6.45) is -1.97. The number of carbonyl (C=O) groups excluding carboxylic acids is 1. The molecule has 1 aromatic heterocycles. The van der Waals surface area contributed by atoms with Gasteiger partial charge >= 0.3 is 6.18 Å². The smallest absolute Gasteiger partial charge is 0.369 e. The molecule has 0 fully saturated rings. The third-order valence-electron chi connectivity index (χ3n) is 3.06. The van der Waals surface area contributed by atoms with Crippen LogP contribution in [0, 0.1) is 5.92 Å². The van der Waals surface area contributed by atoms with Gasteiger partial charge in [0.25, 0.3) is 5.91 Å². The molecule has 2 aromatic rings. The van der Waals surface area contributed by atoms with Crippen LogP contribution < -0.4 is 10.6 Å². The molecule has 0 saturated carbocycles. The predicted octanol–water partition coefficient (Wildman–Crippen LogP) is 3.82. The van der Waals surface area contributed by atoms with E-state index in [1.165, 1.54) is 30.6 Å². The van der Waals surface area contributed by atoms with E-state index >= 15 is 0 Å². The van der Waals surface area contributed by atoms with Crippen LogP contribution in [0.15, 0.2) is 36.7 Å². The number of hydrogen-bond acceptors (Lipinski definition) is 4. The average Bonchev–Trinajstić information content (AvgIpc) is 2.53. The number of para-hydroxylation sites is 1. The maximum atomic E-state index is 12.9. The second kappa shape index (κ2) is 7.29. The topological polar surface area (TPSA) is 66.9 Å². The van der Waals surface area contributed by atoms with Gasteiger partial charge in [-0.15, -0.1) is 0 Å². The number of rotatable bonds is 5. The Morgan fingerprint density at radius 2 is 1.88 bits per heavy atom. The summed E-state index contributed by atoms with van der Waals surface area (Å²) in [6, 6.07) is 4.76. The van der Waals surface area contributed by atoms with Crippen molar-refractivity contribution < 1.29 is 18.0 Å². The first-order chi connectivity index (χ1) is 11.3. The van der Waals surface area contributed by atoms with Crippen molar-refractivity contribution in [3.8, 4) is 0 Å². The van der Waals surface area contributed by atoms with E-state index in [-0.39, 0.29) is 11.4 Å². The van der Waals surface area contributed by atoms with E-state index in [9.17, 15) is 18.0 Å². The van der Waals surface area contributed by atoms with Crippen LogP contribution in [-0.2, 0) is 6.18 Å². The maximum Gasteiger partial charge on any atom is 0.418 e. The lowest BCUT2D eigenvalue weighted by molar-refractivity contribution is -0.136. The normalized spacial score (nSPS) is 11.4. The van der Waals surface area contributed by atoms with Crippen molar-refractivity contribution in [3.05, 3.63) is 47.9 Å². The summed E-state index contributed by atoms with van der Waals surface area (Å²) in [5.74, 6) is 0.152. The summed E-state index contributed by atoms with van der Waals surface area (Å²) in [6.45, 7) is 4.75. The highest BCUT2D eigenvalue weighted by molar-refractivity contribution is 6.03. The second-order valence-corrected chi connectivity index (χ2v) is 5.56. The van der Waals surface area contributed by atoms with Gasteiger partial charge in [-0.25, -0.2) is 9.97 Å². The van der Waals surface area contributed by atoms with Crippen LogP contribution in [0.3, 0.4) is 0 Å². The Morgan fingerprint density at radius 1 is 1.17 bits per heavy atom. The lowest BCUT2D eigenvalue weighted by Gasteiger charge is -2.13. The average molecular weight is 338 g/mol. The number of nitrogens with one attached hydrogen (secondary N) is 2. The number of carbonyl (C=O) groups is 1. The molecular weight excluding hydrogens is 321 g/mol. The number of aromatic nitrogens is 2. The minimum atomic E-state index is -4.56. The van der Waals surface area contributed by atoms with Crippen molar-refractivity contribution in [1.82, 2.24) is 9.97 Å². The lowest BCUT2D eigenvalue weighted by Crippen LogP contribution is -2.18. The molecule has 24 heavy (non-hydrogen) atoms.